The highest BCUT2D eigenvalue weighted by atomic mass is 127. The number of thiophene rings is 1. The molecule has 0 saturated carbocycles. The van der Waals surface area contributed by atoms with Gasteiger partial charge in [0, 0.05) is 36.5 Å². The first kappa shape index (κ1) is 21.6. The van der Waals surface area contributed by atoms with Crippen LogP contribution in [0.25, 0.3) is 5.65 Å². The maximum atomic E-state index is 4.72. The zero-order valence-corrected chi connectivity index (χ0v) is 18.9. The van der Waals surface area contributed by atoms with Gasteiger partial charge in [-0.15, -0.1) is 45.5 Å². The quantitative estimate of drug-likeness (QED) is 0.215. The number of pyridine rings is 1. The third kappa shape index (κ3) is 6.17. The van der Waals surface area contributed by atoms with Crippen molar-refractivity contribution in [2.24, 2.45) is 4.99 Å². The van der Waals surface area contributed by atoms with E-state index in [2.05, 4.69) is 52.2 Å². The first-order valence-electron chi connectivity index (χ1n) is 9.12. The fourth-order valence-electron chi connectivity index (χ4n) is 2.75. The van der Waals surface area contributed by atoms with Gasteiger partial charge in [0.1, 0.15) is 5.82 Å². The normalized spacial score (nSPS) is 12.6. The summed E-state index contributed by atoms with van der Waals surface area (Å²) in [6, 6.07) is 10.2. The van der Waals surface area contributed by atoms with Crippen LogP contribution in [-0.2, 0) is 6.42 Å². The van der Waals surface area contributed by atoms with Crippen molar-refractivity contribution in [3.8, 4) is 0 Å². The number of rotatable bonds is 8. The van der Waals surface area contributed by atoms with Gasteiger partial charge in [-0.2, -0.15) is 0 Å². The van der Waals surface area contributed by atoms with Gasteiger partial charge in [0.15, 0.2) is 11.6 Å². The zero-order chi connectivity index (χ0) is 18.2. The molecule has 0 aromatic carbocycles. The average Bonchev–Trinajstić information content (AvgIpc) is 3.33. The van der Waals surface area contributed by atoms with Crippen molar-refractivity contribution in [3.05, 3.63) is 52.6 Å². The molecule has 3 heterocycles. The molecule has 27 heavy (non-hydrogen) atoms. The molecule has 0 saturated heterocycles. The Morgan fingerprint density at radius 1 is 1.22 bits per heavy atom. The van der Waals surface area contributed by atoms with Crippen LogP contribution in [0.4, 0.5) is 0 Å². The molecule has 0 aliphatic heterocycles. The van der Waals surface area contributed by atoms with Crippen molar-refractivity contribution in [2.75, 3.05) is 19.6 Å². The Kier molecular flexibility index (Phi) is 8.99. The summed E-state index contributed by atoms with van der Waals surface area (Å²) >= 11 is 1.79. The molecule has 0 radical (unpaired) electrons. The highest BCUT2D eigenvalue weighted by Gasteiger charge is 2.07. The fraction of sp³-hybridized carbons (Fsp3) is 0.421. The highest BCUT2D eigenvalue weighted by Crippen LogP contribution is 2.20. The van der Waals surface area contributed by atoms with Crippen molar-refractivity contribution < 1.29 is 0 Å². The van der Waals surface area contributed by atoms with Crippen LogP contribution in [0.5, 0.6) is 0 Å². The van der Waals surface area contributed by atoms with Crippen LogP contribution in [-0.4, -0.2) is 40.2 Å². The Morgan fingerprint density at radius 2 is 2.11 bits per heavy atom. The summed E-state index contributed by atoms with van der Waals surface area (Å²) in [6.45, 7) is 6.79. The van der Waals surface area contributed by atoms with Gasteiger partial charge in [-0.05, 0) is 36.9 Å². The SMILES string of the molecule is CCNC(=NCC(C)c1cccs1)NCCCc1nnc2ccccn12.I. The number of guanidine groups is 1. The third-order valence-electron chi connectivity index (χ3n) is 4.15. The van der Waals surface area contributed by atoms with Gasteiger partial charge in [0.05, 0.1) is 6.54 Å². The molecule has 6 nitrogen and oxygen atoms in total. The van der Waals surface area contributed by atoms with E-state index >= 15 is 0 Å². The summed E-state index contributed by atoms with van der Waals surface area (Å²) in [5.41, 5.74) is 0.896. The van der Waals surface area contributed by atoms with E-state index in [-0.39, 0.29) is 24.0 Å². The summed E-state index contributed by atoms with van der Waals surface area (Å²) in [5.74, 6) is 2.31. The van der Waals surface area contributed by atoms with Crippen LogP contribution in [0.15, 0.2) is 46.9 Å². The topological polar surface area (TPSA) is 66.6 Å². The molecular formula is C19H27IN6S. The minimum atomic E-state index is 0. The minimum absolute atomic E-state index is 0. The number of halogens is 1. The van der Waals surface area contributed by atoms with Crippen molar-refractivity contribution in [3.63, 3.8) is 0 Å². The van der Waals surface area contributed by atoms with Crippen LogP contribution in [0.1, 0.15) is 36.9 Å². The number of hydrogen-bond donors (Lipinski definition) is 2. The second-order valence-corrected chi connectivity index (χ2v) is 7.19. The van der Waals surface area contributed by atoms with E-state index in [1.807, 2.05) is 28.8 Å². The van der Waals surface area contributed by atoms with Crippen LogP contribution in [0, 0.1) is 0 Å². The number of aryl methyl sites for hydroxylation is 1. The van der Waals surface area contributed by atoms with E-state index in [0.717, 1.165) is 49.9 Å². The van der Waals surface area contributed by atoms with Gasteiger partial charge in [-0.25, -0.2) is 0 Å². The smallest absolute Gasteiger partial charge is 0.191 e. The molecule has 3 rings (SSSR count). The molecule has 0 aliphatic rings. The Labute approximate surface area is 181 Å². The Bertz CT molecular complexity index is 830. The molecule has 2 N–H and O–H groups in total. The van der Waals surface area contributed by atoms with E-state index in [9.17, 15) is 0 Å². The van der Waals surface area contributed by atoms with Gasteiger partial charge >= 0.3 is 0 Å². The highest BCUT2D eigenvalue weighted by molar-refractivity contribution is 14.0. The first-order chi connectivity index (χ1) is 12.8. The molecule has 0 bridgehead atoms. The second-order valence-electron chi connectivity index (χ2n) is 6.21. The molecule has 0 spiro atoms. The van der Waals surface area contributed by atoms with Gasteiger partial charge < -0.3 is 10.6 Å². The predicted molar refractivity (Wildman–Crippen MR) is 123 cm³/mol. The lowest BCUT2D eigenvalue weighted by Gasteiger charge is -2.12. The Morgan fingerprint density at radius 3 is 2.89 bits per heavy atom. The predicted octanol–water partition coefficient (Wildman–Crippen LogP) is 3.70. The summed E-state index contributed by atoms with van der Waals surface area (Å²) in [7, 11) is 0. The van der Waals surface area contributed by atoms with E-state index in [1.54, 1.807) is 11.3 Å². The zero-order valence-electron chi connectivity index (χ0n) is 15.8. The second kappa shape index (κ2) is 11.2. The maximum Gasteiger partial charge on any atom is 0.191 e. The molecule has 0 amide bonds. The van der Waals surface area contributed by atoms with E-state index in [4.69, 9.17) is 4.99 Å². The average molecular weight is 498 g/mol. The lowest BCUT2D eigenvalue weighted by molar-refractivity contribution is 0.708. The van der Waals surface area contributed by atoms with Crippen LogP contribution < -0.4 is 10.6 Å². The Hall–Kier alpha value is -1.68. The van der Waals surface area contributed by atoms with E-state index in [0.29, 0.717) is 5.92 Å². The summed E-state index contributed by atoms with van der Waals surface area (Å²) in [4.78, 5) is 6.10. The van der Waals surface area contributed by atoms with Crippen LogP contribution in [0.2, 0.25) is 0 Å². The Balaban J connectivity index is 0.00000261. The van der Waals surface area contributed by atoms with Gasteiger partial charge in [0.25, 0.3) is 0 Å². The van der Waals surface area contributed by atoms with Crippen molar-refractivity contribution >= 4 is 46.9 Å². The fourth-order valence-corrected chi connectivity index (χ4v) is 3.52. The standard InChI is InChI=1S/C19H26N6S.HI/c1-3-20-19(22-14-15(2)16-8-7-13-26-16)21-11-6-10-18-24-23-17-9-4-5-12-25(17)18;/h4-5,7-9,12-13,15H,3,6,10-11,14H2,1-2H3,(H2,20,21,22);1H. The molecule has 0 fully saturated rings. The van der Waals surface area contributed by atoms with Crippen LogP contribution in [0.3, 0.4) is 0 Å². The van der Waals surface area contributed by atoms with Gasteiger partial charge in [-0.1, -0.05) is 19.1 Å². The lowest BCUT2D eigenvalue weighted by atomic mass is 10.1. The molecule has 0 aliphatic carbocycles. The molecule has 3 aromatic heterocycles. The summed E-state index contributed by atoms with van der Waals surface area (Å²) < 4.78 is 2.04. The van der Waals surface area contributed by atoms with Crippen molar-refractivity contribution in [2.45, 2.75) is 32.6 Å². The summed E-state index contributed by atoms with van der Waals surface area (Å²) in [6.07, 6.45) is 3.86. The van der Waals surface area contributed by atoms with Crippen molar-refractivity contribution in [1.29, 1.82) is 0 Å². The van der Waals surface area contributed by atoms with E-state index in [1.165, 1.54) is 4.88 Å². The minimum Gasteiger partial charge on any atom is -0.357 e. The molecular weight excluding hydrogens is 471 g/mol. The number of aliphatic imine (C=N–C) groups is 1. The molecule has 1 unspecified atom stereocenters. The first-order valence-corrected chi connectivity index (χ1v) is 10.00. The number of nitrogens with zero attached hydrogens (tertiary/aromatic N) is 4. The molecule has 146 valence electrons. The number of hydrogen-bond acceptors (Lipinski definition) is 4. The number of fused-ring (bicyclic) bond motifs is 1. The third-order valence-corrected chi connectivity index (χ3v) is 5.25. The maximum absolute atomic E-state index is 4.72. The van der Waals surface area contributed by atoms with Gasteiger partial charge in [-0.3, -0.25) is 9.39 Å². The van der Waals surface area contributed by atoms with Gasteiger partial charge in [0.2, 0.25) is 0 Å². The lowest BCUT2D eigenvalue weighted by Crippen LogP contribution is -2.38. The molecule has 3 aromatic rings. The van der Waals surface area contributed by atoms with E-state index < -0.39 is 0 Å². The summed E-state index contributed by atoms with van der Waals surface area (Å²) in [5, 5.41) is 17.3. The number of nitrogens with one attached hydrogen (secondary N) is 2. The number of aromatic nitrogens is 3. The molecule has 8 heteroatoms. The largest absolute Gasteiger partial charge is 0.357 e. The molecule has 1 atom stereocenters. The van der Waals surface area contributed by atoms with Crippen molar-refractivity contribution in [1.82, 2.24) is 25.2 Å². The van der Waals surface area contributed by atoms with Crippen LogP contribution >= 0.6 is 35.3 Å². The monoisotopic (exact) mass is 498 g/mol.